The van der Waals surface area contributed by atoms with Crippen molar-refractivity contribution in [1.29, 1.82) is 0 Å². The van der Waals surface area contributed by atoms with E-state index in [9.17, 15) is 0 Å². The highest BCUT2D eigenvalue weighted by atomic mass is 15.2. The Labute approximate surface area is 119 Å². The lowest BCUT2D eigenvalue weighted by Gasteiger charge is -2.09. The lowest BCUT2D eigenvalue weighted by Crippen LogP contribution is -2.07. The Morgan fingerprint density at radius 1 is 1.50 bits per heavy atom. The summed E-state index contributed by atoms with van der Waals surface area (Å²) in [5.74, 6) is 2.03. The van der Waals surface area contributed by atoms with Gasteiger partial charge in [0, 0.05) is 18.5 Å². The molecule has 2 heterocycles. The molecule has 0 radical (unpaired) electrons. The topological polar surface area (TPSA) is 61.7 Å². The Balaban J connectivity index is 2.11. The molecule has 0 aromatic carbocycles. The van der Waals surface area contributed by atoms with Crippen LogP contribution in [0.3, 0.4) is 0 Å². The van der Waals surface area contributed by atoms with E-state index in [1.165, 1.54) is 12.8 Å². The van der Waals surface area contributed by atoms with Gasteiger partial charge in [-0.1, -0.05) is 19.9 Å². The van der Waals surface area contributed by atoms with Gasteiger partial charge in [0.05, 0.1) is 18.2 Å². The average Bonchev–Trinajstić information content (AvgIpc) is 3.06. The van der Waals surface area contributed by atoms with Crippen LogP contribution in [0.15, 0.2) is 25.2 Å². The van der Waals surface area contributed by atoms with E-state index in [1.807, 2.05) is 23.2 Å². The van der Waals surface area contributed by atoms with Gasteiger partial charge in [-0.15, -0.1) is 6.58 Å². The fourth-order valence-corrected chi connectivity index (χ4v) is 2.57. The van der Waals surface area contributed by atoms with Gasteiger partial charge in [-0.3, -0.25) is 0 Å². The standard InChI is InChI=1S/C15H21N5/c1-4-7-19-14(16)13(18-15(19)10(2)3)12-8-17-9-20(12)11-5-6-11/h4,8-11H,1,5-7,16H2,2-3H3. The van der Waals surface area contributed by atoms with Crippen molar-refractivity contribution >= 4 is 5.82 Å². The van der Waals surface area contributed by atoms with Crippen LogP contribution in [-0.4, -0.2) is 19.1 Å². The molecule has 0 saturated heterocycles. The van der Waals surface area contributed by atoms with E-state index >= 15 is 0 Å². The second-order valence-electron chi connectivity index (χ2n) is 5.68. The predicted octanol–water partition coefficient (Wildman–Crippen LogP) is 2.97. The van der Waals surface area contributed by atoms with Crippen molar-refractivity contribution in [1.82, 2.24) is 19.1 Å². The quantitative estimate of drug-likeness (QED) is 0.850. The van der Waals surface area contributed by atoms with E-state index in [0.29, 0.717) is 24.3 Å². The smallest absolute Gasteiger partial charge is 0.133 e. The van der Waals surface area contributed by atoms with Crippen molar-refractivity contribution in [3.63, 3.8) is 0 Å². The van der Waals surface area contributed by atoms with Crippen LogP contribution in [0.25, 0.3) is 11.4 Å². The minimum absolute atomic E-state index is 0.322. The van der Waals surface area contributed by atoms with Gasteiger partial charge in [0.1, 0.15) is 17.3 Å². The van der Waals surface area contributed by atoms with E-state index in [-0.39, 0.29) is 0 Å². The first kappa shape index (κ1) is 13.0. The minimum atomic E-state index is 0.322. The second kappa shape index (κ2) is 4.81. The lowest BCUT2D eigenvalue weighted by atomic mass is 10.2. The summed E-state index contributed by atoms with van der Waals surface area (Å²) >= 11 is 0. The van der Waals surface area contributed by atoms with Crippen LogP contribution in [0.2, 0.25) is 0 Å². The zero-order valence-corrected chi connectivity index (χ0v) is 12.1. The maximum absolute atomic E-state index is 6.32. The Bertz CT molecular complexity index is 631. The summed E-state index contributed by atoms with van der Waals surface area (Å²) in [5.41, 5.74) is 8.19. The molecule has 1 fully saturated rings. The molecule has 0 spiro atoms. The van der Waals surface area contributed by atoms with E-state index in [4.69, 9.17) is 10.7 Å². The van der Waals surface area contributed by atoms with E-state index in [2.05, 4.69) is 30.0 Å². The second-order valence-corrected chi connectivity index (χ2v) is 5.68. The largest absolute Gasteiger partial charge is 0.383 e. The van der Waals surface area contributed by atoms with E-state index in [1.54, 1.807) is 0 Å². The molecule has 1 saturated carbocycles. The molecule has 1 aliphatic carbocycles. The van der Waals surface area contributed by atoms with Gasteiger partial charge in [0.25, 0.3) is 0 Å². The molecule has 0 unspecified atom stereocenters. The summed E-state index contributed by atoms with van der Waals surface area (Å²) < 4.78 is 4.23. The number of hydrogen-bond donors (Lipinski definition) is 1. The molecule has 20 heavy (non-hydrogen) atoms. The van der Waals surface area contributed by atoms with Gasteiger partial charge < -0.3 is 14.9 Å². The molecule has 0 bridgehead atoms. The van der Waals surface area contributed by atoms with Gasteiger partial charge in [0.15, 0.2) is 0 Å². The third kappa shape index (κ3) is 2.03. The van der Waals surface area contributed by atoms with Crippen molar-refractivity contribution in [2.75, 3.05) is 5.73 Å². The summed E-state index contributed by atoms with van der Waals surface area (Å²) in [7, 11) is 0. The predicted molar refractivity (Wildman–Crippen MR) is 80.4 cm³/mol. The maximum atomic E-state index is 6.32. The Morgan fingerprint density at radius 3 is 2.85 bits per heavy atom. The SMILES string of the molecule is C=CCn1c(C(C)C)nc(-c2cncn2C2CC2)c1N. The minimum Gasteiger partial charge on any atom is -0.383 e. The Kier molecular flexibility index (Phi) is 3.12. The van der Waals surface area contributed by atoms with Crippen LogP contribution in [0.5, 0.6) is 0 Å². The summed E-state index contributed by atoms with van der Waals surface area (Å²) in [4.78, 5) is 9.04. The third-order valence-electron chi connectivity index (χ3n) is 3.71. The summed E-state index contributed by atoms with van der Waals surface area (Å²) in [6, 6.07) is 0.568. The van der Waals surface area contributed by atoms with Crippen LogP contribution in [0.4, 0.5) is 5.82 Å². The van der Waals surface area contributed by atoms with Crippen LogP contribution in [0, 0.1) is 0 Å². The molecule has 2 aromatic rings. The lowest BCUT2D eigenvalue weighted by molar-refractivity contribution is 0.684. The fraction of sp³-hybridized carbons (Fsp3) is 0.467. The molecule has 106 valence electrons. The number of nitrogens with zero attached hydrogens (tertiary/aromatic N) is 4. The molecule has 0 amide bonds. The fourth-order valence-electron chi connectivity index (χ4n) is 2.57. The number of rotatable bonds is 5. The number of hydrogen-bond acceptors (Lipinski definition) is 3. The monoisotopic (exact) mass is 271 g/mol. The first-order valence-corrected chi connectivity index (χ1v) is 7.12. The molecule has 2 N–H and O–H groups in total. The van der Waals surface area contributed by atoms with Crippen LogP contribution in [-0.2, 0) is 6.54 Å². The number of allylic oxidation sites excluding steroid dienone is 1. The zero-order valence-electron chi connectivity index (χ0n) is 12.1. The first-order valence-electron chi connectivity index (χ1n) is 7.12. The third-order valence-corrected chi connectivity index (χ3v) is 3.71. The van der Waals surface area contributed by atoms with Crippen molar-refractivity contribution in [2.45, 2.75) is 45.2 Å². The summed E-state index contributed by atoms with van der Waals surface area (Å²) in [6.07, 6.45) is 8.03. The molecular weight excluding hydrogens is 250 g/mol. The number of nitrogens with two attached hydrogens (primary N) is 1. The number of imidazole rings is 2. The van der Waals surface area contributed by atoms with Crippen molar-refractivity contribution < 1.29 is 0 Å². The van der Waals surface area contributed by atoms with Crippen molar-refractivity contribution in [3.05, 3.63) is 31.0 Å². The summed E-state index contributed by atoms with van der Waals surface area (Å²) in [5, 5.41) is 0. The maximum Gasteiger partial charge on any atom is 0.133 e. The number of anilines is 1. The van der Waals surface area contributed by atoms with Gasteiger partial charge >= 0.3 is 0 Å². The Morgan fingerprint density at radius 2 is 2.25 bits per heavy atom. The number of nitrogen functional groups attached to an aromatic ring is 1. The highest BCUT2D eigenvalue weighted by molar-refractivity contribution is 5.68. The van der Waals surface area contributed by atoms with Crippen LogP contribution >= 0.6 is 0 Å². The highest BCUT2D eigenvalue weighted by Crippen LogP contribution is 2.39. The summed E-state index contributed by atoms with van der Waals surface area (Å²) in [6.45, 7) is 8.74. The Hall–Kier alpha value is -2.04. The van der Waals surface area contributed by atoms with Gasteiger partial charge in [-0.05, 0) is 12.8 Å². The number of aromatic nitrogens is 4. The molecular formula is C15H21N5. The van der Waals surface area contributed by atoms with Crippen molar-refractivity contribution in [2.24, 2.45) is 0 Å². The zero-order chi connectivity index (χ0) is 14.3. The van der Waals surface area contributed by atoms with Gasteiger partial charge in [0.2, 0.25) is 0 Å². The molecule has 0 atom stereocenters. The van der Waals surface area contributed by atoms with Gasteiger partial charge in [-0.2, -0.15) is 0 Å². The van der Waals surface area contributed by atoms with E-state index < -0.39 is 0 Å². The van der Waals surface area contributed by atoms with Crippen LogP contribution < -0.4 is 5.73 Å². The normalized spacial score (nSPS) is 14.9. The molecule has 3 rings (SSSR count). The van der Waals surface area contributed by atoms with Crippen molar-refractivity contribution in [3.8, 4) is 11.4 Å². The first-order chi connectivity index (χ1) is 9.63. The van der Waals surface area contributed by atoms with E-state index in [0.717, 1.165) is 17.2 Å². The highest BCUT2D eigenvalue weighted by Gasteiger charge is 2.28. The molecule has 5 nitrogen and oxygen atoms in total. The average molecular weight is 271 g/mol. The molecule has 0 aliphatic heterocycles. The van der Waals surface area contributed by atoms with Gasteiger partial charge in [-0.25, -0.2) is 9.97 Å². The molecule has 5 heteroatoms. The van der Waals surface area contributed by atoms with Crippen LogP contribution in [0.1, 0.15) is 44.5 Å². The molecule has 2 aromatic heterocycles. The molecule has 1 aliphatic rings.